The van der Waals surface area contributed by atoms with Crippen LogP contribution >= 0.6 is 11.6 Å². The van der Waals surface area contributed by atoms with E-state index < -0.39 is 19.1 Å². The van der Waals surface area contributed by atoms with Crippen molar-refractivity contribution in [3.8, 4) is 5.88 Å². The quantitative estimate of drug-likeness (QED) is 0.661. The average Bonchev–Trinajstić information content (AvgIpc) is 2.97. The van der Waals surface area contributed by atoms with Crippen molar-refractivity contribution in [3.63, 3.8) is 0 Å². The number of amides is 2. The van der Waals surface area contributed by atoms with E-state index in [0.717, 1.165) is 0 Å². The molecule has 1 aliphatic rings. The SMILES string of the molecule is CC(C)C(=O)Nc1nccc2c1C(C)N(C(C)c1cnc(OCC(F)F)c(Cl)c1)C2=O. The van der Waals surface area contributed by atoms with Gasteiger partial charge in [0.15, 0.2) is 6.61 Å². The van der Waals surface area contributed by atoms with Crippen molar-refractivity contribution in [1.29, 1.82) is 0 Å². The second-order valence-corrected chi connectivity index (χ2v) is 7.99. The topological polar surface area (TPSA) is 84.4 Å². The van der Waals surface area contributed by atoms with Gasteiger partial charge in [-0.2, -0.15) is 0 Å². The summed E-state index contributed by atoms with van der Waals surface area (Å²) in [5.41, 5.74) is 1.72. The summed E-state index contributed by atoms with van der Waals surface area (Å²) in [5, 5.41) is 2.87. The zero-order valence-corrected chi connectivity index (χ0v) is 18.3. The van der Waals surface area contributed by atoms with E-state index in [-0.39, 0.29) is 34.7 Å². The average molecular weight is 453 g/mol. The molecule has 166 valence electrons. The number of aromatic nitrogens is 2. The molecule has 2 aromatic rings. The molecule has 2 aromatic heterocycles. The van der Waals surface area contributed by atoms with E-state index in [9.17, 15) is 18.4 Å². The molecule has 0 radical (unpaired) electrons. The van der Waals surface area contributed by atoms with E-state index in [4.69, 9.17) is 16.3 Å². The fourth-order valence-corrected chi connectivity index (χ4v) is 3.72. The minimum absolute atomic E-state index is 0.0772. The normalized spacial score (nSPS) is 16.6. The van der Waals surface area contributed by atoms with Gasteiger partial charge in [-0.3, -0.25) is 9.59 Å². The number of fused-ring (bicyclic) bond motifs is 1. The summed E-state index contributed by atoms with van der Waals surface area (Å²) in [4.78, 5) is 35.2. The first-order valence-electron chi connectivity index (χ1n) is 9.80. The molecule has 0 bridgehead atoms. The molecule has 0 saturated heterocycles. The van der Waals surface area contributed by atoms with Gasteiger partial charge >= 0.3 is 0 Å². The first kappa shape index (κ1) is 22.9. The number of nitrogens with one attached hydrogen (secondary N) is 1. The lowest BCUT2D eigenvalue weighted by molar-refractivity contribution is -0.118. The Labute approximate surface area is 183 Å². The molecule has 10 heteroatoms. The zero-order valence-electron chi connectivity index (χ0n) is 17.5. The first-order valence-corrected chi connectivity index (χ1v) is 10.2. The largest absolute Gasteiger partial charge is 0.471 e. The molecule has 0 aromatic carbocycles. The molecule has 0 saturated carbocycles. The van der Waals surface area contributed by atoms with Crippen LogP contribution in [0.25, 0.3) is 0 Å². The monoisotopic (exact) mass is 452 g/mol. The third-order valence-electron chi connectivity index (χ3n) is 5.13. The Balaban J connectivity index is 1.87. The molecule has 3 heterocycles. The standard InChI is InChI=1S/C21H23ClF2N4O3/c1-10(2)19(29)27-18-17-12(4)28(21(30)14(17)5-6-25-18)11(3)13-7-15(22)20(26-8-13)31-9-16(23)24/h5-8,10-12,16H,9H2,1-4H3,(H,25,27,29). The van der Waals surface area contributed by atoms with Gasteiger partial charge in [-0.15, -0.1) is 0 Å². The number of anilines is 1. The Bertz CT molecular complexity index is 1000. The lowest BCUT2D eigenvalue weighted by Gasteiger charge is -2.29. The fourth-order valence-electron chi connectivity index (χ4n) is 3.49. The molecule has 1 N–H and O–H groups in total. The number of halogens is 3. The van der Waals surface area contributed by atoms with Crippen LogP contribution < -0.4 is 10.1 Å². The summed E-state index contributed by atoms with van der Waals surface area (Å²) in [6.07, 6.45) is 0.290. The third-order valence-corrected chi connectivity index (χ3v) is 5.40. The Hall–Kier alpha value is -2.81. The van der Waals surface area contributed by atoms with Crippen LogP contribution in [-0.4, -0.2) is 39.7 Å². The second-order valence-electron chi connectivity index (χ2n) is 7.59. The number of nitrogens with zero attached hydrogens (tertiary/aromatic N) is 3. The Morgan fingerprint density at radius 3 is 2.65 bits per heavy atom. The number of ether oxygens (including phenoxy) is 1. The Morgan fingerprint density at radius 2 is 2.03 bits per heavy atom. The minimum atomic E-state index is -2.64. The smallest absolute Gasteiger partial charge is 0.272 e. The number of alkyl halides is 2. The number of carbonyl (C=O) groups excluding carboxylic acids is 2. The van der Waals surface area contributed by atoms with E-state index in [1.54, 1.807) is 30.9 Å². The fraction of sp³-hybridized carbons (Fsp3) is 0.429. The van der Waals surface area contributed by atoms with E-state index in [0.29, 0.717) is 22.5 Å². The van der Waals surface area contributed by atoms with Crippen LogP contribution in [0.15, 0.2) is 24.5 Å². The second kappa shape index (κ2) is 9.13. The van der Waals surface area contributed by atoms with E-state index >= 15 is 0 Å². The van der Waals surface area contributed by atoms with Crippen molar-refractivity contribution < 1.29 is 23.1 Å². The van der Waals surface area contributed by atoms with Crippen LogP contribution in [-0.2, 0) is 4.79 Å². The van der Waals surface area contributed by atoms with E-state index in [2.05, 4.69) is 15.3 Å². The predicted octanol–water partition coefficient (Wildman–Crippen LogP) is 4.65. The lowest BCUT2D eigenvalue weighted by atomic mass is 10.1. The molecule has 2 unspecified atom stereocenters. The third kappa shape index (κ3) is 4.61. The van der Waals surface area contributed by atoms with Gasteiger partial charge in [-0.25, -0.2) is 18.7 Å². The summed E-state index contributed by atoms with van der Waals surface area (Å²) >= 11 is 6.14. The van der Waals surface area contributed by atoms with Gasteiger partial charge in [0.05, 0.1) is 17.6 Å². The van der Waals surface area contributed by atoms with Crippen molar-refractivity contribution >= 4 is 29.2 Å². The maximum Gasteiger partial charge on any atom is 0.272 e. The highest BCUT2D eigenvalue weighted by molar-refractivity contribution is 6.31. The van der Waals surface area contributed by atoms with Crippen LogP contribution in [0.4, 0.5) is 14.6 Å². The van der Waals surface area contributed by atoms with Crippen LogP contribution in [0.5, 0.6) is 5.88 Å². The summed E-state index contributed by atoms with van der Waals surface area (Å²) in [5.74, 6) is -0.378. The predicted molar refractivity (Wildman–Crippen MR) is 111 cm³/mol. The first-order chi connectivity index (χ1) is 14.6. The van der Waals surface area contributed by atoms with Gasteiger partial charge < -0.3 is 15.0 Å². The summed E-state index contributed by atoms with van der Waals surface area (Å²) < 4.78 is 29.6. The molecule has 7 nitrogen and oxygen atoms in total. The molecular weight excluding hydrogens is 430 g/mol. The molecule has 0 aliphatic carbocycles. The number of hydrogen-bond acceptors (Lipinski definition) is 5. The molecule has 0 fully saturated rings. The number of carbonyl (C=O) groups is 2. The van der Waals surface area contributed by atoms with E-state index in [1.165, 1.54) is 12.4 Å². The minimum Gasteiger partial charge on any atom is -0.471 e. The highest BCUT2D eigenvalue weighted by Gasteiger charge is 2.40. The molecule has 0 spiro atoms. The Morgan fingerprint density at radius 1 is 1.32 bits per heavy atom. The molecule has 3 rings (SSSR count). The number of pyridine rings is 2. The zero-order chi connectivity index (χ0) is 22.9. The van der Waals surface area contributed by atoms with Crippen molar-refractivity contribution in [2.75, 3.05) is 11.9 Å². The number of rotatable bonds is 7. The van der Waals surface area contributed by atoms with Crippen molar-refractivity contribution in [3.05, 3.63) is 46.2 Å². The maximum atomic E-state index is 13.1. The van der Waals surface area contributed by atoms with Gasteiger partial charge in [-0.1, -0.05) is 25.4 Å². The molecule has 2 atom stereocenters. The highest BCUT2D eigenvalue weighted by atomic mass is 35.5. The van der Waals surface area contributed by atoms with E-state index in [1.807, 2.05) is 13.8 Å². The Kier molecular flexibility index (Phi) is 6.74. The lowest BCUT2D eigenvalue weighted by Crippen LogP contribution is -2.30. The van der Waals surface area contributed by atoms with Crippen molar-refractivity contribution in [1.82, 2.24) is 14.9 Å². The highest BCUT2D eigenvalue weighted by Crippen LogP contribution is 2.42. The molecule has 1 aliphatic heterocycles. The van der Waals surface area contributed by atoms with Gasteiger partial charge in [0.1, 0.15) is 10.8 Å². The van der Waals surface area contributed by atoms with Crippen LogP contribution in [0, 0.1) is 5.92 Å². The summed E-state index contributed by atoms with van der Waals surface area (Å²) in [6, 6.07) is 2.36. The van der Waals surface area contributed by atoms with Crippen molar-refractivity contribution in [2.45, 2.75) is 46.2 Å². The molecule has 2 amide bonds. The van der Waals surface area contributed by atoms with Crippen LogP contribution in [0.3, 0.4) is 0 Å². The van der Waals surface area contributed by atoms with Crippen LogP contribution in [0.2, 0.25) is 5.02 Å². The molecular formula is C21H23ClF2N4O3. The molecule has 31 heavy (non-hydrogen) atoms. The van der Waals surface area contributed by atoms with Crippen LogP contribution in [0.1, 0.15) is 61.3 Å². The van der Waals surface area contributed by atoms with Gasteiger partial charge in [0.25, 0.3) is 12.3 Å². The summed E-state index contributed by atoms with van der Waals surface area (Å²) in [7, 11) is 0. The maximum absolute atomic E-state index is 13.1. The van der Waals surface area contributed by atoms with Gasteiger partial charge in [0, 0.05) is 23.9 Å². The van der Waals surface area contributed by atoms with Crippen molar-refractivity contribution in [2.24, 2.45) is 5.92 Å². The van der Waals surface area contributed by atoms with Gasteiger partial charge in [-0.05, 0) is 31.5 Å². The number of hydrogen-bond donors (Lipinski definition) is 1. The van der Waals surface area contributed by atoms with Gasteiger partial charge in [0.2, 0.25) is 11.8 Å². The summed E-state index contributed by atoms with van der Waals surface area (Å²) in [6.45, 7) is 6.39.